The summed E-state index contributed by atoms with van der Waals surface area (Å²) in [6.45, 7) is 1.90. The summed E-state index contributed by atoms with van der Waals surface area (Å²) in [6, 6.07) is 12.4. The third-order valence-corrected chi connectivity index (χ3v) is 3.64. The van der Waals surface area contributed by atoms with Crippen LogP contribution in [-0.4, -0.2) is 10.1 Å². The number of aromatic hydroxyl groups is 1. The second-order valence-corrected chi connectivity index (χ2v) is 4.99. The van der Waals surface area contributed by atoms with Crippen molar-refractivity contribution in [2.24, 2.45) is 10.2 Å². The first-order chi connectivity index (χ1) is 10.2. The number of nitrogens with zero attached hydrogens (tertiary/aromatic N) is 3. The molecule has 3 aromatic rings. The van der Waals surface area contributed by atoms with E-state index < -0.39 is 0 Å². The molecule has 0 aliphatic rings. The summed E-state index contributed by atoms with van der Waals surface area (Å²) in [5.74, 6) is 0.128. The van der Waals surface area contributed by atoms with Crippen LogP contribution in [0, 0.1) is 6.92 Å². The highest BCUT2D eigenvalue weighted by Crippen LogP contribution is 2.33. The van der Waals surface area contributed by atoms with Gasteiger partial charge < -0.3 is 5.11 Å². The number of halogens is 1. The normalized spacial score (nSPS) is 11.3. The SMILES string of the molecule is Cc1c(Cl)cccc1N=Nc1ccc(O)c2ncccc12. The van der Waals surface area contributed by atoms with Crippen LogP contribution in [0.4, 0.5) is 11.4 Å². The highest BCUT2D eigenvalue weighted by Gasteiger charge is 2.06. The van der Waals surface area contributed by atoms with E-state index in [2.05, 4.69) is 15.2 Å². The van der Waals surface area contributed by atoms with Gasteiger partial charge in [-0.05, 0) is 48.9 Å². The van der Waals surface area contributed by atoms with Gasteiger partial charge in [-0.3, -0.25) is 4.98 Å². The van der Waals surface area contributed by atoms with Gasteiger partial charge in [-0.2, -0.15) is 5.11 Å². The molecule has 104 valence electrons. The molecule has 0 spiro atoms. The summed E-state index contributed by atoms with van der Waals surface area (Å²) in [6.07, 6.45) is 1.63. The summed E-state index contributed by atoms with van der Waals surface area (Å²) in [5, 5.41) is 19.7. The largest absolute Gasteiger partial charge is 0.506 e. The van der Waals surface area contributed by atoms with Crippen molar-refractivity contribution in [2.75, 3.05) is 0 Å². The molecule has 0 amide bonds. The molecule has 2 aromatic carbocycles. The van der Waals surface area contributed by atoms with E-state index in [1.165, 1.54) is 0 Å². The molecule has 1 aromatic heterocycles. The van der Waals surface area contributed by atoms with Crippen molar-refractivity contribution in [3.05, 3.63) is 59.2 Å². The lowest BCUT2D eigenvalue weighted by molar-refractivity contribution is 0.480. The first-order valence-corrected chi connectivity index (χ1v) is 6.78. The predicted octanol–water partition coefficient (Wildman–Crippen LogP) is 5.32. The number of pyridine rings is 1. The van der Waals surface area contributed by atoms with Gasteiger partial charge in [-0.15, -0.1) is 5.11 Å². The minimum absolute atomic E-state index is 0.128. The van der Waals surface area contributed by atoms with E-state index in [1.807, 2.05) is 31.2 Å². The number of phenols is 1. The van der Waals surface area contributed by atoms with Gasteiger partial charge in [0, 0.05) is 16.6 Å². The van der Waals surface area contributed by atoms with Crippen molar-refractivity contribution in [1.29, 1.82) is 0 Å². The highest BCUT2D eigenvalue weighted by atomic mass is 35.5. The third-order valence-electron chi connectivity index (χ3n) is 3.23. The molecule has 0 saturated heterocycles. The summed E-state index contributed by atoms with van der Waals surface area (Å²) >= 11 is 6.07. The second kappa shape index (κ2) is 5.50. The maximum atomic E-state index is 9.81. The van der Waals surface area contributed by atoms with Crippen molar-refractivity contribution in [3.8, 4) is 5.75 Å². The first kappa shape index (κ1) is 13.5. The molecule has 0 bridgehead atoms. The van der Waals surface area contributed by atoms with Crippen molar-refractivity contribution in [2.45, 2.75) is 6.92 Å². The molecule has 21 heavy (non-hydrogen) atoms. The van der Waals surface area contributed by atoms with E-state index in [0.717, 1.165) is 10.9 Å². The quantitative estimate of drug-likeness (QED) is 0.651. The molecule has 0 atom stereocenters. The highest BCUT2D eigenvalue weighted by molar-refractivity contribution is 6.31. The van der Waals surface area contributed by atoms with Crippen LogP contribution in [0.25, 0.3) is 10.9 Å². The topological polar surface area (TPSA) is 57.8 Å². The van der Waals surface area contributed by atoms with Crippen LogP contribution in [0.1, 0.15) is 5.56 Å². The van der Waals surface area contributed by atoms with Gasteiger partial charge in [-0.1, -0.05) is 17.7 Å². The van der Waals surface area contributed by atoms with Crippen molar-refractivity contribution >= 4 is 33.9 Å². The monoisotopic (exact) mass is 297 g/mol. The van der Waals surface area contributed by atoms with Crippen molar-refractivity contribution < 1.29 is 5.11 Å². The Hall–Kier alpha value is -2.46. The predicted molar refractivity (Wildman–Crippen MR) is 83.8 cm³/mol. The maximum absolute atomic E-state index is 9.81. The fourth-order valence-electron chi connectivity index (χ4n) is 2.04. The van der Waals surface area contributed by atoms with Crippen LogP contribution >= 0.6 is 11.6 Å². The Bertz CT molecular complexity index is 846. The Balaban J connectivity index is 2.08. The molecule has 1 N–H and O–H groups in total. The lowest BCUT2D eigenvalue weighted by Gasteiger charge is -2.03. The van der Waals surface area contributed by atoms with Gasteiger partial charge in [0.2, 0.25) is 0 Å². The van der Waals surface area contributed by atoms with Gasteiger partial charge in [0.1, 0.15) is 11.3 Å². The van der Waals surface area contributed by atoms with Crippen LogP contribution in [0.3, 0.4) is 0 Å². The van der Waals surface area contributed by atoms with Gasteiger partial charge in [0.05, 0.1) is 11.4 Å². The van der Waals surface area contributed by atoms with Crippen molar-refractivity contribution in [1.82, 2.24) is 4.98 Å². The smallest absolute Gasteiger partial charge is 0.141 e. The number of hydrogen-bond acceptors (Lipinski definition) is 4. The Kier molecular flexibility index (Phi) is 3.54. The standard InChI is InChI=1S/C16H12ClN3O/c1-10-12(17)5-2-6-13(10)19-20-14-7-8-15(21)16-11(14)4-3-9-18-16/h2-9,21H,1H3. The number of aromatic nitrogens is 1. The summed E-state index contributed by atoms with van der Waals surface area (Å²) in [5.41, 5.74) is 2.75. The fourth-order valence-corrected chi connectivity index (χ4v) is 2.21. The molecular weight excluding hydrogens is 286 g/mol. The molecule has 4 nitrogen and oxygen atoms in total. The number of rotatable bonds is 2. The Morgan fingerprint density at radius 2 is 1.81 bits per heavy atom. The van der Waals surface area contributed by atoms with E-state index in [9.17, 15) is 5.11 Å². The number of azo groups is 1. The minimum Gasteiger partial charge on any atom is -0.506 e. The average molecular weight is 298 g/mol. The fraction of sp³-hybridized carbons (Fsp3) is 0.0625. The lowest BCUT2D eigenvalue weighted by atomic mass is 10.2. The number of benzene rings is 2. The summed E-state index contributed by atoms with van der Waals surface area (Å²) in [4.78, 5) is 4.16. The minimum atomic E-state index is 0.128. The number of hydrogen-bond donors (Lipinski definition) is 1. The Morgan fingerprint density at radius 1 is 1.00 bits per heavy atom. The van der Waals surface area contributed by atoms with Crippen LogP contribution in [0.2, 0.25) is 5.02 Å². The zero-order chi connectivity index (χ0) is 14.8. The van der Waals surface area contributed by atoms with Gasteiger partial charge >= 0.3 is 0 Å². The zero-order valence-electron chi connectivity index (χ0n) is 11.3. The zero-order valence-corrected chi connectivity index (χ0v) is 12.0. The first-order valence-electron chi connectivity index (χ1n) is 6.40. The summed E-state index contributed by atoms with van der Waals surface area (Å²) < 4.78 is 0. The molecule has 1 heterocycles. The molecule has 5 heteroatoms. The Labute approximate surface area is 126 Å². The molecule has 3 rings (SSSR count). The second-order valence-electron chi connectivity index (χ2n) is 4.59. The van der Waals surface area contributed by atoms with Crippen LogP contribution in [0.5, 0.6) is 5.75 Å². The molecule has 0 aliphatic carbocycles. The van der Waals surface area contributed by atoms with Crippen LogP contribution in [0.15, 0.2) is 58.9 Å². The molecule has 0 saturated carbocycles. The molecule has 0 radical (unpaired) electrons. The van der Waals surface area contributed by atoms with E-state index in [4.69, 9.17) is 11.6 Å². The molecule has 0 unspecified atom stereocenters. The third kappa shape index (κ3) is 2.58. The van der Waals surface area contributed by atoms with Gasteiger partial charge in [0.25, 0.3) is 0 Å². The van der Waals surface area contributed by atoms with E-state index in [-0.39, 0.29) is 5.75 Å². The van der Waals surface area contributed by atoms with Crippen LogP contribution in [-0.2, 0) is 0 Å². The van der Waals surface area contributed by atoms with E-state index >= 15 is 0 Å². The Morgan fingerprint density at radius 3 is 2.67 bits per heavy atom. The van der Waals surface area contributed by atoms with Crippen molar-refractivity contribution in [3.63, 3.8) is 0 Å². The molecular formula is C16H12ClN3O. The van der Waals surface area contributed by atoms with E-state index in [1.54, 1.807) is 24.4 Å². The number of fused-ring (bicyclic) bond motifs is 1. The van der Waals surface area contributed by atoms with Gasteiger partial charge in [-0.25, -0.2) is 0 Å². The number of phenolic OH excluding ortho intramolecular Hbond substituents is 1. The summed E-state index contributed by atoms with van der Waals surface area (Å²) in [7, 11) is 0. The maximum Gasteiger partial charge on any atom is 0.141 e. The van der Waals surface area contributed by atoms with Crippen LogP contribution < -0.4 is 0 Å². The van der Waals surface area contributed by atoms with E-state index in [0.29, 0.717) is 21.9 Å². The molecule has 0 fully saturated rings. The lowest BCUT2D eigenvalue weighted by Crippen LogP contribution is -1.79. The van der Waals surface area contributed by atoms with Gasteiger partial charge in [0.15, 0.2) is 0 Å². The average Bonchev–Trinajstić information content (AvgIpc) is 2.51. The molecule has 0 aliphatic heterocycles.